The highest BCUT2D eigenvalue weighted by Gasteiger charge is 2.21. The highest BCUT2D eigenvalue weighted by atomic mass is 16.5. The predicted octanol–water partition coefficient (Wildman–Crippen LogP) is 3.81. The van der Waals surface area contributed by atoms with Gasteiger partial charge in [-0.05, 0) is 25.1 Å². The summed E-state index contributed by atoms with van der Waals surface area (Å²) in [6.07, 6.45) is 0. The number of fused-ring (bicyclic) bond motifs is 1. The van der Waals surface area contributed by atoms with Gasteiger partial charge in [-0.25, -0.2) is 9.78 Å². The van der Waals surface area contributed by atoms with Crippen LogP contribution in [0, 0.1) is 6.92 Å². The van der Waals surface area contributed by atoms with Gasteiger partial charge in [-0.15, -0.1) is 0 Å². The summed E-state index contributed by atoms with van der Waals surface area (Å²) >= 11 is 0. The minimum atomic E-state index is -0.540. The zero-order valence-corrected chi connectivity index (χ0v) is 19.1. The van der Waals surface area contributed by atoms with Gasteiger partial charge in [0.15, 0.2) is 18.1 Å². The molecule has 0 atom stereocenters. The number of para-hydroxylation sites is 1. The summed E-state index contributed by atoms with van der Waals surface area (Å²) in [5.41, 5.74) is 9.80. The number of rotatable bonds is 6. The van der Waals surface area contributed by atoms with E-state index in [0.717, 1.165) is 11.3 Å². The van der Waals surface area contributed by atoms with Crippen molar-refractivity contribution in [3.8, 4) is 11.3 Å². The Bertz CT molecular complexity index is 1520. The van der Waals surface area contributed by atoms with Crippen molar-refractivity contribution in [3.05, 3.63) is 83.8 Å². The molecule has 3 heterocycles. The second-order valence-corrected chi connectivity index (χ2v) is 7.83. The van der Waals surface area contributed by atoms with Crippen LogP contribution >= 0.6 is 0 Å². The second kappa shape index (κ2) is 9.18. The van der Waals surface area contributed by atoms with Gasteiger partial charge in [-0.3, -0.25) is 4.68 Å². The standard InChI is InChI=1S/C25H22N8O2/c1-15-21-18(13-19(16-9-5-3-6-10-16)28-22(21)33(2)32-15)23(34)35-14-20-29-24(26)31-25(30-20)27-17-11-7-4-8-12-17/h3-13H,14H2,1-2H3,(H3,26,27,29,30,31). The fourth-order valence-corrected chi connectivity index (χ4v) is 3.78. The van der Waals surface area contributed by atoms with Crippen LogP contribution in [0.25, 0.3) is 22.3 Å². The van der Waals surface area contributed by atoms with E-state index in [1.807, 2.05) is 67.6 Å². The highest BCUT2D eigenvalue weighted by Crippen LogP contribution is 2.27. The van der Waals surface area contributed by atoms with Crippen LogP contribution in [0.2, 0.25) is 0 Å². The van der Waals surface area contributed by atoms with Crippen molar-refractivity contribution in [3.63, 3.8) is 0 Å². The van der Waals surface area contributed by atoms with E-state index in [1.165, 1.54) is 0 Å². The molecule has 3 aromatic heterocycles. The molecule has 174 valence electrons. The number of nitrogens with two attached hydrogens (primary N) is 1. The van der Waals surface area contributed by atoms with Crippen molar-refractivity contribution in [2.75, 3.05) is 11.1 Å². The molecule has 10 nitrogen and oxygen atoms in total. The lowest BCUT2D eigenvalue weighted by molar-refractivity contribution is 0.0464. The molecule has 5 rings (SSSR count). The quantitative estimate of drug-likeness (QED) is 0.358. The SMILES string of the molecule is Cc1nn(C)c2nc(-c3ccccc3)cc(C(=O)OCc3nc(N)nc(Nc4ccccc4)n3)c12. The van der Waals surface area contributed by atoms with E-state index in [0.29, 0.717) is 28.0 Å². The zero-order chi connectivity index (χ0) is 24.4. The third kappa shape index (κ3) is 4.62. The Kier molecular flexibility index (Phi) is 5.76. The Morgan fingerprint density at radius 2 is 1.71 bits per heavy atom. The maximum absolute atomic E-state index is 13.2. The number of benzene rings is 2. The average molecular weight is 467 g/mol. The van der Waals surface area contributed by atoms with Gasteiger partial charge in [0.05, 0.1) is 22.3 Å². The molecule has 0 saturated carbocycles. The van der Waals surface area contributed by atoms with E-state index in [-0.39, 0.29) is 24.3 Å². The van der Waals surface area contributed by atoms with Gasteiger partial charge in [-0.1, -0.05) is 48.5 Å². The van der Waals surface area contributed by atoms with E-state index in [9.17, 15) is 4.79 Å². The minimum Gasteiger partial charge on any atom is -0.454 e. The topological polar surface area (TPSA) is 134 Å². The molecule has 0 saturated heterocycles. The van der Waals surface area contributed by atoms with Crippen LogP contribution in [0.3, 0.4) is 0 Å². The third-order valence-electron chi connectivity index (χ3n) is 5.32. The summed E-state index contributed by atoms with van der Waals surface area (Å²) in [7, 11) is 1.79. The van der Waals surface area contributed by atoms with E-state index >= 15 is 0 Å². The van der Waals surface area contributed by atoms with E-state index in [4.69, 9.17) is 15.5 Å². The fraction of sp³-hybridized carbons (Fsp3) is 0.120. The van der Waals surface area contributed by atoms with Crippen molar-refractivity contribution in [1.29, 1.82) is 0 Å². The molecule has 5 aromatic rings. The third-order valence-corrected chi connectivity index (χ3v) is 5.32. The number of carbonyl (C=O) groups excluding carboxylic acids is 1. The summed E-state index contributed by atoms with van der Waals surface area (Å²) in [6, 6.07) is 20.8. The highest BCUT2D eigenvalue weighted by molar-refractivity contribution is 6.05. The zero-order valence-electron chi connectivity index (χ0n) is 19.1. The Morgan fingerprint density at radius 3 is 2.46 bits per heavy atom. The molecular formula is C25H22N8O2. The van der Waals surface area contributed by atoms with Crippen LogP contribution in [0.1, 0.15) is 21.9 Å². The van der Waals surface area contributed by atoms with Gasteiger partial charge in [-0.2, -0.15) is 20.1 Å². The Hall–Kier alpha value is -4.86. The minimum absolute atomic E-state index is 0.0187. The molecule has 0 radical (unpaired) electrons. The van der Waals surface area contributed by atoms with Gasteiger partial charge in [0, 0.05) is 18.3 Å². The molecule has 0 aliphatic carbocycles. The van der Waals surface area contributed by atoms with Gasteiger partial charge >= 0.3 is 5.97 Å². The molecule has 0 aliphatic heterocycles. The largest absolute Gasteiger partial charge is 0.454 e. The average Bonchev–Trinajstić information content (AvgIpc) is 3.16. The van der Waals surface area contributed by atoms with Gasteiger partial charge in [0.2, 0.25) is 11.9 Å². The first-order valence-corrected chi connectivity index (χ1v) is 10.9. The van der Waals surface area contributed by atoms with Crippen LogP contribution in [0.15, 0.2) is 66.7 Å². The van der Waals surface area contributed by atoms with E-state index in [2.05, 4.69) is 25.4 Å². The number of nitrogens with one attached hydrogen (secondary N) is 1. The molecule has 3 N–H and O–H groups in total. The molecule has 0 bridgehead atoms. The van der Waals surface area contributed by atoms with Gasteiger partial charge in [0.1, 0.15) is 0 Å². The Balaban J connectivity index is 1.43. The number of hydrogen-bond acceptors (Lipinski definition) is 9. The lowest BCUT2D eigenvalue weighted by atomic mass is 10.1. The van der Waals surface area contributed by atoms with E-state index in [1.54, 1.807) is 17.8 Å². The van der Waals surface area contributed by atoms with Crippen molar-refractivity contribution in [2.45, 2.75) is 13.5 Å². The molecule has 0 fully saturated rings. The normalized spacial score (nSPS) is 10.9. The fourth-order valence-electron chi connectivity index (χ4n) is 3.78. The molecule has 0 spiro atoms. The van der Waals surface area contributed by atoms with Crippen LogP contribution in [-0.2, 0) is 18.4 Å². The first-order valence-electron chi connectivity index (χ1n) is 10.9. The molecule has 35 heavy (non-hydrogen) atoms. The number of nitrogens with zero attached hydrogens (tertiary/aromatic N) is 6. The van der Waals surface area contributed by atoms with Crippen LogP contribution < -0.4 is 11.1 Å². The first kappa shape index (κ1) is 22.0. The van der Waals surface area contributed by atoms with Gasteiger partial charge < -0.3 is 15.8 Å². The number of nitrogen functional groups attached to an aromatic ring is 1. The van der Waals surface area contributed by atoms with Crippen molar-refractivity contribution >= 4 is 34.6 Å². The number of esters is 1. The molecule has 2 aromatic carbocycles. The molecule has 0 unspecified atom stereocenters. The number of aromatic nitrogens is 6. The predicted molar refractivity (Wildman–Crippen MR) is 132 cm³/mol. The number of aryl methyl sites for hydroxylation is 2. The number of carbonyl (C=O) groups is 1. The maximum atomic E-state index is 13.2. The Morgan fingerprint density at radius 1 is 1.00 bits per heavy atom. The van der Waals surface area contributed by atoms with Crippen LogP contribution in [-0.4, -0.2) is 35.7 Å². The van der Waals surface area contributed by atoms with Crippen molar-refractivity contribution in [2.24, 2.45) is 7.05 Å². The molecule has 0 aliphatic rings. The summed E-state index contributed by atoms with van der Waals surface area (Å²) in [5, 5.41) is 8.14. The van der Waals surface area contributed by atoms with Crippen LogP contribution in [0.4, 0.5) is 17.6 Å². The summed E-state index contributed by atoms with van der Waals surface area (Å²) in [4.78, 5) is 30.5. The van der Waals surface area contributed by atoms with Crippen LogP contribution in [0.5, 0.6) is 0 Å². The smallest absolute Gasteiger partial charge is 0.339 e. The molecule has 0 amide bonds. The lowest BCUT2D eigenvalue weighted by Gasteiger charge is -2.10. The number of hydrogen-bond donors (Lipinski definition) is 2. The maximum Gasteiger partial charge on any atom is 0.339 e. The van der Waals surface area contributed by atoms with Crippen molar-refractivity contribution in [1.82, 2.24) is 29.7 Å². The summed E-state index contributed by atoms with van der Waals surface area (Å²) < 4.78 is 7.25. The number of pyridine rings is 1. The summed E-state index contributed by atoms with van der Waals surface area (Å²) in [5.74, 6) is -0.0382. The first-order chi connectivity index (χ1) is 17.0. The molecular weight excluding hydrogens is 444 g/mol. The Labute approximate surface area is 200 Å². The lowest BCUT2D eigenvalue weighted by Crippen LogP contribution is -2.12. The second-order valence-electron chi connectivity index (χ2n) is 7.83. The van der Waals surface area contributed by atoms with Gasteiger partial charge in [0.25, 0.3) is 0 Å². The monoisotopic (exact) mass is 466 g/mol. The number of anilines is 3. The molecule has 10 heteroatoms. The van der Waals surface area contributed by atoms with E-state index < -0.39 is 5.97 Å². The number of ether oxygens (including phenoxy) is 1. The summed E-state index contributed by atoms with van der Waals surface area (Å²) in [6.45, 7) is 1.65. The van der Waals surface area contributed by atoms with Crippen molar-refractivity contribution < 1.29 is 9.53 Å².